The minimum atomic E-state index is -0.0740. The zero-order valence-electron chi connectivity index (χ0n) is 16.1. The van der Waals surface area contributed by atoms with Crippen LogP contribution >= 0.6 is 11.6 Å². The summed E-state index contributed by atoms with van der Waals surface area (Å²) in [5.74, 6) is 0.794. The molecule has 1 aliphatic rings. The minimum Gasteiger partial charge on any atom is -0.423 e. The second-order valence-corrected chi connectivity index (χ2v) is 7.64. The number of fused-ring (bicyclic) bond motifs is 1. The number of carbonyl (C=O) groups excluding carboxylic acids is 1. The fourth-order valence-corrected chi connectivity index (χ4v) is 3.79. The Balaban J connectivity index is 1.31. The van der Waals surface area contributed by atoms with Crippen LogP contribution in [0.15, 0.2) is 51.4 Å². The smallest absolute Gasteiger partial charge is 0.295 e. The van der Waals surface area contributed by atoms with Crippen molar-refractivity contribution in [1.82, 2.24) is 20.0 Å². The van der Waals surface area contributed by atoms with Crippen LogP contribution in [0.2, 0.25) is 5.02 Å². The van der Waals surface area contributed by atoms with Crippen LogP contribution in [0.5, 0.6) is 0 Å². The van der Waals surface area contributed by atoms with Gasteiger partial charge in [0.2, 0.25) is 0 Å². The molecule has 1 unspecified atom stereocenters. The Morgan fingerprint density at radius 1 is 1.23 bits per heavy atom. The van der Waals surface area contributed by atoms with Crippen LogP contribution in [-0.2, 0) is 0 Å². The van der Waals surface area contributed by atoms with Crippen molar-refractivity contribution in [3.8, 4) is 11.5 Å². The first kappa shape index (κ1) is 18.6. The second kappa shape index (κ2) is 7.46. The number of oxazole rings is 1. The van der Waals surface area contributed by atoms with Gasteiger partial charge < -0.3 is 19.2 Å². The summed E-state index contributed by atoms with van der Waals surface area (Å²) in [5.41, 5.74) is 2.53. The number of likely N-dealkylation sites (tertiary alicyclic amines) is 1. The van der Waals surface area contributed by atoms with Gasteiger partial charge in [0, 0.05) is 30.2 Å². The fraction of sp³-hybridized carbons (Fsp3) is 0.238. The summed E-state index contributed by atoms with van der Waals surface area (Å²) in [6.07, 6.45) is 0.785. The molecule has 0 saturated carbocycles. The standard InChI is InChI=1S/C21H18ClN5O3/c1-12-23-19(30-26-12)15-4-2-3-5-16(15)20(28)27-9-8-14(11-27)24-21-25-17-7-6-13(22)10-18(17)29-21/h2-7,10,14H,8-9,11H2,1H3,(H,24,25). The summed E-state index contributed by atoms with van der Waals surface area (Å²) in [5, 5.41) is 7.70. The molecule has 1 atom stereocenters. The molecule has 1 N–H and O–H groups in total. The van der Waals surface area contributed by atoms with Crippen molar-refractivity contribution in [1.29, 1.82) is 0 Å². The van der Waals surface area contributed by atoms with Crippen LogP contribution in [-0.4, -0.2) is 45.1 Å². The molecule has 5 rings (SSSR count). The van der Waals surface area contributed by atoms with E-state index in [0.717, 1.165) is 11.9 Å². The Morgan fingerprint density at radius 2 is 2.10 bits per heavy atom. The molecule has 4 aromatic rings. The Bertz CT molecular complexity index is 1230. The maximum atomic E-state index is 13.2. The highest BCUT2D eigenvalue weighted by Gasteiger charge is 2.29. The van der Waals surface area contributed by atoms with Crippen molar-refractivity contribution in [2.75, 3.05) is 18.4 Å². The molecule has 3 heterocycles. The van der Waals surface area contributed by atoms with Crippen LogP contribution in [0, 0.1) is 6.92 Å². The number of benzene rings is 2. The largest absolute Gasteiger partial charge is 0.423 e. The number of hydrogen-bond donors (Lipinski definition) is 1. The average molecular weight is 424 g/mol. The molecular formula is C21H18ClN5O3. The Morgan fingerprint density at radius 3 is 2.93 bits per heavy atom. The average Bonchev–Trinajstić information content (AvgIpc) is 3.47. The van der Waals surface area contributed by atoms with Gasteiger partial charge in [-0.3, -0.25) is 4.79 Å². The number of rotatable bonds is 4. The number of carbonyl (C=O) groups is 1. The van der Waals surface area contributed by atoms with Gasteiger partial charge in [-0.2, -0.15) is 9.97 Å². The van der Waals surface area contributed by atoms with E-state index in [1.165, 1.54) is 0 Å². The van der Waals surface area contributed by atoms with E-state index in [9.17, 15) is 4.79 Å². The maximum absolute atomic E-state index is 13.2. The number of anilines is 1. The molecule has 152 valence electrons. The summed E-state index contributed by atoms with van der Waals surface area (Å²) < 4.78 is 11.0. The van der Waals surface area contributed by atoms with Gasteiger partial charge in [-0.1, -0.05) is 28.9 Å². The quantitative estimate of drug-likeness (QED) is 0.526. The van der Waals surface area contributed by atoms with Crippen molar-refractivity contribution in [3.05, 3.63) is 58.9 Å². The van der Waals surface area contributed by atoms with Crippen molar-refractivity contribution in [2.45, 2.75) is 19.4 Å². The highest BCUT2D eigenvalue weighted by Crippen LogP contribution is 2.27. The third kappa shape index (κ3) is 3.50. The van der Waals surface area contributed by atoms with Crippen molar-refractivity contribution in [2.24, 2.45) is 0 Å². The zero-order valence-corrected chi connectivity index (χ0v) is 16.9. The molecule has 0 radical (unpaired) electrons. The molecule has 0 aliphatic carbocycles. The van der Waals surface area contributed by atoms with Gasteiger partial charge in [0.15, 0.2) is 11.4 Å². The number of halogens is 1. The van der Waals surface area contributed by atoms with Gasteiger partial charge in [-0.25, -0.2) is 0 Å². The molecule has 0 spiro atoms. The van der Waals surface area contributed by atoms with Crippen LogP contribution in [0.4, 0.5) is 6.01 Å². The van der Waals surface area contributed by atoms with E-state index in [1.54, 1.807) is 30.0 Å². The molecule has 1 saturated heterocycles. The number of nitrogens with one attached hydrogen (secondary N) is 1. The van der Waals surface area contributed by atoms with Gasteiger partial charge in [0.1, 0.15) is 5.52 Å². The van der Waals surface area contributed by atoms with E-state index < -0.39 is 0 Å². The van der Waals surface area contributed by atoms with Crippen molar-refractivity contribution in [3.63, 3.8) is 0 Å². The molecule has 0 bridgehead atoms. The molecule has 30 heavy (non-hydrogen) atoms. The molecular weight excluding hydrogens is 406 g/mol. The molecule has 8 nitrogen and oxygen atoms in total. The lowest BCUT2D eigenvalue weighted by Crippen LogP contribution is -2.32. The Kier molecular flexibility index (Phi) is 4.63. The summed E-state index contributed by atoms with van der Waals surface area (Å²) >= 11 is 6.00. The number of hydrogen-bond acceptors (Lipinski definition) is 7. The molecule has 2 aromatic heterocycles. The highest BCUT2D eigenvalue weighted by molar-refractivity contribution is 6.31. The van der Waals surface area contributed by atoms with E-state index in [0.29, 0.717) is 52.6 Å². The molecule has 1 fully saturated rings. The van der Waals surface area contributed by atoms with Gasteiger partial charge in [-0.15, -0.1) is 0 Å². The minimum absolute atomic E-state index is 0.0373. The van der Waals surface area contributed by atoms with Crippen molar-refractivity contribution >= 4 is 34.6 Å². The molecule has 1 aliphatic heterocycles. The monoisotopic (exact) mass is 423 g/mol. The SMILES string of the molecule is Cc1noc(-c2ccccc2C(=O)N2CCC(Nc3nc4ccc(Cl)cc4o3)C2)n1. The van der Waals surface area contributed by atoms with Gasteiger partial charge in [-0.05, 0) is 37.6 Å². The first-order valence-electron chi connectivity index (χ1n) is 9.58. The fourth-order valence-electron chi connectivity index (χ4n) is 3.63. The molecule has 1 amide bonds. The molecule has 2 aromatic carbocycles. The number of amides is 1. The first-order valence-corrected chi connectivity index (χ1v) is 9.96. The first-order chi connectivity index (χ1) is 14.6. The zero-order chi connectivity index (χ0) is 20.7. The van der Waals surface area contributed by atoms with Crippen LogP contribution in [0.25, 0.3) is 22.6 Å². The predicted molar refractivity (Wildman–Crippen MR) is 111 cm³/mol. The van der Waals surface area contributed by atoms with Gasteiger partial charge >= 0.3 is 0 Å². The number of aryl methyl sites for hydroxylation is 1. The lowest BCUT2D eigenvalue weighted by atomic mass is 10.1. The van der Waals surface area contributed by atoms with Crippen LogP contribution in [0.3, 0.4) is 0 Å². The van der Waals surface area contributed by atoms with Gasteiger partial charge in [0.05, 0.1) is 11.1 Å². The number of nitrogens with zero attached hydrogens (tertiary/aromatic N) is 4. The number of aromatic nitrogens is 3. The van der Waals surface area contributed by atoms with Crippen molar-refractivity contribution < 1.29 is 13.7 Å². The third-order valence-electron chi connectivity index (χ3n) is 5.07. The topological polar surface area (TPSA) is 97.3 Å². The predicted octanol–water partition coefficient (Wildman–Crippen LogP) is 4.17. The second-order valence-electron chi connectivity index (χ2n) is 7.20. The third-order valence-corrected chi connectivity index (χ3v) is 5.30. The van der Waals surface area contributed by atoms with Crippen LogP contribution < -0.4 is 5.32 Å². The normalized spacial score (nSPS) is 16.3. The van der Waals surface area contributed by atoms with E-state index in [2.05, 4.69) is 20.4 Å². The van der Waals surface area contributed by atoms with E-state index in [4.69, 9.17) is 20.5 Å². The lowest BCUT2D eigenvalue weighted by Gasteiger charge is -2.18. The Labute approximate surface area is 176 Å². The summed E-state index contributed by atoms with van der Waals surface area (Å²) in [7, 11) is 0. The van der Waals surface area contributed by atoms with E-state index in [-0.39, 0.29) is 11.9 Å². The van der Waals surface area contributed by atoms with E-state index in [1.807, 2.05) is 24.3 Å². The molecule has 9 heteroatoms. The van der Waals surface area contributed by atoms with Gasteiger partial charge in [0.25, 0.3) is 17.8 Å². The Hall–Kier alpha value is -3.39. The summed E-state index contributed by atoms with van der Waals surface area (Å²) in [6, 6.07) is 13.0. The maximum Gasteiger partial charge on any atom is 0.295 e. The van der Waals surface area contributed by atoms with Crippen LogP contribution in [0.1, 0.15) is 22.6 Å². The highest BCUT2D eigenvalue weighted by atomic mass is 35.5. The van der Waals surface area contributed by atoms with E-state index >= 15 is 0 Å². The summed E-state index contributed by atoms with van der Waals surface area (Å²) in [6.45, 7) is 2.91. The summed E-state index contributed by atoms with van der Waals surface area (Å²) in [4.78, 5) is 23.7. The lowest BCUT2D eigenvalue weighted by molar-refractivity contribution is 0.0792.